The van der Waals surface area contributed by atoms with Crippen molar-refractivity contribution in [3.63, 3.8) is 0 Å². The molecule has 156 valence electrons. The average Bonchev–Trinajstić information content (AvgIpc) is 3.04. The number of halogens is 2. The van der Waals surface area contributed by atoms with Crippen LogP contribution < -0.4 is 5.32 Å². The molecule has 2 fully saturated rings. The van der Waals surface area contributed by atoms with Crippen molar-refractivity contribution in [2.75, 3.05) is 13.1 Å². The summed E-state index contributed by atoms with van der Waals surface area (Å²) in [5.74, 6) is 0.922. The maximum Gasteiger partial charge on any atom is 0.124 e. The van der Waals surface area contributed by atoms with Gasteiger partial charge in [0.25, 0.3) is 0 Å². The third-order valence-corrected chi connectivity index (χ3v) is 7.41. The van der Waals surface area contributed by atoms with E-state index in [2.05, 4.69) is 32.9 Å². The summed E-state index contributed by atoms with van der Waals surface area (Å²) in [7, 11) is 0. The number of fused-ring (bicyclic) bond motifs is 1. The number of imidazole rings is 1. The summed E-state index contributed by atoms with van der Waals surface area (Å²) in [6.45, 7) is 6.97. The summed E-state index contributed by atoms with van der Waals surface area (Å²) in [4.78, 5) is 12.0. The van der Waals surface area contributed by atoms with Crippen LogP contribution in [0.1, 0.15) is 37.0 Å². The van der Waals surface area contributed by atoms with Crippen LogP contribution in [-0.2, 0) is 19.6 Å². The van der Waals surface area contributed by atoms with Gasteiger partial charge >= 0.3 is 0 Å². The lowest BCUT2D eigenvalue weighted by Crippen LogP contribution is -2.36. The van der Waals surface area contributed by atoms with E-state index in [4.69, 9.17) is 4.98 Å². The van der Waals surface area contributed by atoms with Crippen molar-refractivity contribution in [1.29, 1.82) is 0 Å². The van der Waals surface area contributed by atoms with Crippen LogP contribution in [-0.4, -0.2) is 38.6 Å². The molecular weight excluding hydrogens is 409 g/mol. The third kappa shape index (κ3) is 4.06. The quantitative estimate of drug-likeness (QED) is 0.629. The van der Waals surface area contributed by atoms with E-state index in [-0.39, 0.29) is 18.2 Å². The number of nitrogens with zero attached hydrogens (tertiary/aromatic N) is 4. The number of aryl methyl sites for hydroxylation is 1. The van der Waals surface area contributed by atoms with Crippen molar-refractivity contribution in [3.05, 3.63) is 47.2 Å². The molecule has 1 saturated heterocycles. The highest BCUT2D eigenvalue weighted by Gasteiger charge is 2.56. The van der Waals surface area contributed by atoms with Gasteiger partial charge in [0.2, 0.25) is 0 Å². The zero-order valence-electron chi connectivity index (χ0n) is 16.6. The minimum atomic E-state index is -0.194. The second kappa shape index (κ2) is 8.30. The first kappa shape index (κ1) is 20.7. The lowest BCUT2D eigenvalue weighted by atomic mass is 9.93. The van der Waals surface area contributed by atoms with Gasteiger partial charge in [-0.15, -0.1) is 23.7 Å². The molecule has 1 aromatic carbocycles. The van der Waals surface area contributed by atoms with Gasteiger partial charge in [-0.05, 0) is 62.9 Å². The lowest BCUT2D eigenvalue weighted by molar-refractivity contribution is 0.182. The van der Waals surface area contributed by atoms with E-state index < -0.39 is 0 Å². The van der Waals surface area contributed by atoms with Crippen LogP contribution in [0.5, 0.6) is 0 Å². The molecule has 8 heteroatoms. The van der Waals surface area contributed by atoms with Gasteiger partial charge in [-0.1, -0.05) is 0 Å². The van der Waals surface area contributed by atoms with Gasteiger partial charge in [-0.2, -0.15) is 0 Å². The van der Waals surface area contributed by atoms with E-state index in [9.17, 15) is 4.39 Å². The van der Waals surface area contributed by atoms with E-state index >= 15 is 0 Å². The van der Waals surface area contributed by atoms with Gasteiger partial charge in [-0.25, -0.2) is 14.4 Å². The van der Waals surface area contributed by atoms with Crippen LogP contribution in [0.15, 0.2) is 30.6 Å². The molecule has 1 aliphatic heterocycles. The molecule has 0 radical (unpaired) electrons. The molecule has 0 amide bonds. The Hall–Kier alpha value is -1.54. The van der Waals surface area contributed by atoms with Crippen molar-refractivity contribution in [2.24, 2.45) is 5.41 Å². The van der Waals surface area contributed by atoms with E-state index in [0.717, 1.165) is 53.8 Å². The fraction of sp³-hybridized carbons (Fsp3) is 0.524. The zero-order valence-corrected chi connectivity index (χ0v) is 18.2. The summed E-state index contributed by atoms with van der Waals surface area (Å²) in [5.41, 5.74) is 1.35. The van der Waals surface area contributed by atoms with Crippen molar-refractivity contribution < 1.29 is 4.39 Å². The number of thiazole rings is 1. The Morgan fingerprint density at radius 1 is 1.31 bits per heavy atom. The fourth-order valence-corrected chi connectivity index (χ4v) is 5.75. The topological polar surface area (TPSA) is 46.0 Å². The molecule has 1 spiro atoms. The fourth-order valence-electron chi connectivity index (χ4n) is 4.73. The number of benzene rings is 1. The Morgan fingerprint density at radius 2 is 2.14 bits per heavy atom. The van der Waals surface area contributed by atoms with Crippen LogP contribution in [0.3, 0.4) is 0 Å². The largest absolute Gasteiger partial charge is 0.334 e. The van der Waals surface area contributed by atoms with Crippen molar-refractivity contribution in [1.82, 2.24) is 24.8 Å². The maximum absolute atomic E-state index is 13.6. The molecule has 5 rings (SSSR count). The van der Waals surface area contributed by atoms with Gasteiger partial charge in [-0.3, -0.25) is 4.90 Å². The van der Waals surface area contributed by atoms with Crippen molar-refractivity contribution in [2.45, 2.75) is 51.9 Å². The molecule has 2 aliphatic rings. The first-order valence-electron chi connectivity index (χ1n) is 10.2. The molecule has 1 saturated carbocycles. The second-order valence-corrected chi connectivity index (χ2v) is 9.20. The predicted molar refractivity (Wildman–Crippen MR) is 117 cm³/mol. The Kier molecular flexibility index (Phi) is 5.93. The molecule has 1 unspecified atom stereocenters. The monoisotopic (exact) mass is 435 g/mol. The smallest absolute Gasteiger partial charge is 0.124 e. The summed E-state index contributed by atoms with van der Waals surface area (Å²) in [5, 5.41) is 4.56. The molecular formula is C21H27ClFN5S. The van der Waals surface area contributed by atoms with Gasteiger partial charge in [0.15, 0.2) is 0 Å². The Balaban J connectivity index is 0.00000205. The first-order valence-corrected chi connectivity index (χ1v) is 11.0. The van der Waals surface area contributed by atoms with Crippen molar-refractivity contribution in [3.8, 4) is 0 Å². The maximum atomic E-state index is 13.6. The molecule has 0 bridgehead atoms. The second-order valence-electron chi connectivity index (χ2n) is 8.09. The Bertz CT molecular complexity index is 981. The number of hydrogen-bond donors (Lipinski definition) is 1. The van der Waals surface area contributed by atoms with Gasteiger partial charge in [0.05, 0.1) is 23.3 Å². The molecule has 3 aromatic rings. The molecule has 29 heavy (non-hydrogen) atoms. The summed E-state index contributed by atoms with van der Waals surface area (Å²) in [6, 6.07) is 5.45. The molecule has 5 nitrogen and oxygen atoms in total. The predicted octanol–water partition coefficient (Wildman–Crippen LogP) is 4.22. The minimum Gasteiger partial charge on any atom is -0.334 e. The number of rotatable bonds is 6. The van der Waals surface area contributed by atoms with Crippen LogP contribution in [0, 0.1) is 11.2 Å². The molecule has 1 aliphatic carbocycles. The summed E-state index contributed by atoms with van der Waals surface area (Å²) in [6.07, 6.45) is 7.72. The van der Waals surface area contributed by atoms with Gasteiger partial charge < -0.3 is 9.88 Å². The van der Waals surface area contributed by atoms with Gasteiger partial charge in [0.1, 0.15) is 16.6 Å². The van der Waals surface area contributed by atoms with E-state index in [1.807, 2.05) is 6.20 Å². The standard InChI is InChI=1S/C21H26FN5S.ClH/c1-2-26-10-9-24-19(26)13-27(18-12-21(18)5-7-23-8-6-21)14-20-25-16-4-3-15(22)11-17(16)28-20;/h3-4,9-11,18,23H,2,5-8,12-14H2,1H3;1H. The number of nitrogens with one attached hydrogen (secondary N) is 1. The highest BCUT2D eigenvalue weighted by atomic mass is 35.5. The number of aromatic nitrogens is 3. The molecule has 1 atom stereocenters. The molecule has 1 N–H and O–H groups in total. The van der Waals surface area contributed by atoms with E-state index in [1.165, 1.54) is 25.3 Å². The normalized spacial score (nSPS) is 20.3. The summed E-state index contributed by atoms with van der Waals surface area (Å²) >= 11 is 1.61. The molecule has 2 aromatic heterocycles. The minimum absolute atomic E-state index is 0. The van der Waals surface area contributed by atoms with Crippen LogP contribution >= 0.6 is 23.7 Å². The third-order valence-electron chi connectivity index (χ3n) is 6.41. The molecule has 3 heterocycles. The highest BCUT2D eigenvalue weighted by Crippen LogP contribution is 2.56. The van der Waals surface area contributed by atoms with Gasteiger partial charge in [0, 0.05) is 25.0 Å². The first-order chi connectivity index (χ1) is 13.7. The van der Waals surface area contributed by atoms with Crippen LogP contribution in [0.2, 0.25) is 0 Å². The zero-order chi connectivity index (χ0) is 19.1. The lowest BCUT2D eigenvalue weighted by Gasteiger charge is -2.29. The SMILES string of the molecule is CCn1ccnc1CN(Cc1nc2ccc(F)cc2s1)C1CC12CCNCC2.Cl. The number of piperidine rings is 1. The Morgan fingerprint density at radius 3 is 2.93 bits per heavy atom. The number of hydrogen-bond acceptors (Lipinski definition) is 5. The van der Waals surface area contributed by atoms with Crippen LogP contribution in [0.4, 0.5) is 4.39 Å². The summed E-state index contributed by atoms with van der Waals surface area (Å²) < 4.78 is 16.7. The van der Waals surface area contributed by atoms with Crippen molar-refractivity contribution >= 4 is 34.0 Å². The van der Waals surface area contributed by atoms with E-state index in [1.54, 1.807) is 23.5 Å². The Labute approximate surface area is 180 Å². The van der Waals surface area contributed by atoms with Crippen LogP contribution in [0.25, 0.3) is 10.2 Å². The van der Waals surface area contributed by atoms with E-state index in [0.29, 0.717) is 11.5 Å². The average molecular weight is 436 g/mol. The highest BCUT2D eigenvalue weighted by molar-refractivity contribution is 7.18.